The summed E-state index contributed by atoms with van der Waals surface area (Å²) < 4.78 is 9.88. The van der Waals surface area contributed by atoms with Crippen molar-refractivity contribution in [2.45, 2.75) is 19.4 Å². The first kappa shape index (κ1) is 14.5. The molecular formula is C14H21NO3. The van der Waals surface area contributed by atoms with Gasteiger partial charge in [-0.2, -0.15) is 0 Å². The van der Waals surface area contributed by atoms with Crippen molar-refractivity contribution >= 4 is 11.7 Å². The number of ether oxygens (including phenoxy) is 2. The quantitative estimate of drug-likeness (QED) is 0.727. The second kappa shape index (κ2) is 7.01. The summed E-state index contributed by atoms with van der Waals surface area (Å²) in [6, 6.07) is 7.75. The molecule has 1 aromatic rings. The molecule has 0 amide bonds. The van der Waals surface area contributed by atoms with Gasteiger partial charge in [-0.1, -0.05) is 12.1 Å². The van der Waals surface area contributed by atoms with E-state index in [0.717, 1.165) is 12.1 Å². The van der Waals surface area contributed by atoms with E-state index in [1.54, 1.807) is 13.2 Å². The Bertz CT molecular complexity index is 392. The van der Waals surface area contributed by atoms with Gasteiger partial charge in [0.15, 0.2) is 0 Å². The Morgan fingerprint density at radius 3 is 2.61 bits per heavy atom. The zero-order valence-electron chi connectivity index (χ0n) is 11.5. The molecule has 0 aliphatic heterocycles. The highest BCUT2D eigenvalue weighted by Crippen LogP contribution is 2.22. The molecule has 0 spiro atoms. The number of carbonyl (C=O) groups excluding carboxylic acids is 1. The van der Waals surface area contributed by atoms with Crippen molar-refractivity contribution in [1.82, 2.24) is 0 Å². The molecule has 1 unspecified atom stereocenters. The summed E-state index contributed by atoms with van der Waals surface area (Å²) in [6.07, 6.45) is 0.905. The van der Waals surface area contributed by atoms with Crippen molar-refractivity contribution in [2.75, 3.05) is 32.8 Å². The number of hydrogen-bond acceptors (Lipinski definition) is 4. The maximum Gasteiger partial charge on any atom is 0.339 e. The Labute approximate surface area is 108 Å². The summed E-state index contributed by atoms with van der Waals surface area (Å²) in [5.41, 5.74) is 1.47. The number of hydrogen-bond donors (Lipinski definition) is 0. The van der Waals surface area contributed by atoms with Crippen LogP contribution < -0.4 is 4.90 Å². The fourth-order valence-electron chi connectivity index (χ4n) is 1.78. The van der Waals surface area contributed by atoms with E-state index in [1.165, 1.54) is 7.11 Å². The van der Waals surface area contributed by atoms with Gasteiger partial charge in [0.2, 0.25) is 0 Å². The predicted octanol–water partition coefficient (Wildman–Crippen LogP) is 2.33. The third-order valence-electron chi connectivity index (χ3n) is 3.09. The van der Waals surface area contributed by atoms with Crippen LogP contribution in [0.4, 0.5) is 5.69 Å². The smallest absolute Gasteiger partial charge is 0.339 e. The Kier molecular flexibility index (Phi) is 5.65. The number of benzene rings is 1. The number of esters is 1. The molecule has 0 aromatic heterocycles. The summed E-state index contributed by atoms with van der Waals surface area (Å²) in [5, 5.41) is 0. The Morgan fingerprint density at radius 2 is 2.00 bits per heavy atom. The predicted molar refractivity (Wildman–Crippen MR) is 72.1 cm³/mol. The van der Waals surface area contributed by atoms with E-state index in [2.05, 4.69) is 11.8 Å². The maximum atomic E-state index is 11.7. The topological polar surface area (TPSA) is 38.8 Å². The molecule has 100 valence electrons. The number of anilines is 1. The van der Waals surface area contributed by atoms with Crippen LogP contribution >= 0.6 is 0 Å². The van der Waals surface area contributed by atoms with Gasteiger partial charge < -0.3 is 14.4 Å². The lowest BCUT2D eigenvalue weighted by Crippen LogP contribution is -2.31. The number of methoxy groups -OCH3 is 2. The molecule has 0 saturated heterocycles. The molecule has 4 heteroatoms. The molecule has 1 aromatic carbocycles. The molecule has 18 heavy (non-hydrogen) atoms. The van der Waals surface area contributed by atoms with E-state index in [0.29, 0.717) is 12.2 Å². The highest BCUT2D eigenvalue weighted by molar-refractivity contribution is 5.95. The van der Waals surface area contributed by atoms with Crippen molar-refractivity contribution in [3.8, 4) is 0 Å². The molecule has 0 fully saturated rings. The first-order valence-corrected chi connectivity index (χ1v) is 6.01. The Morgan fingerprint density at radius 1 is 1.33 bits per heavy atom. The zero-order chi connectivity index (χ0) is 13.5. The van der Waals surface area contributed by atoms with Crippen molar-refractivity contribution in [3.63, 3.8) is 0 Å². The molecular weight excluding hydrogens is 230 g/mol. The van der Waals surface area contributed by atoms with Gasteiger partial charge in [0, 0.05) is 26.8 Å². The highest BCUT2D eigenvalue weighted by Gasteiger charge is 2.17. The van der Waals surface area contributed by atoms with Gasteiger partial charge >= 0.3 is 5.97 Å². The summed E-state index contributed by atoms with van der Waals surface area (Å²) in [6.45, 7) is 2.80. The van der Waals surface area contributed by atoms with Crippen LogP contribution in [0, 0.1) is 0 Å². The van der Waals surface area contributed by atoms with Crippen LogP contribution in [0.3, 0.4) is 0 Å². The molecule has 0 aliphatic carbocycles. The average Bonchev–Trinajstić information content (AvgIpc) is 2.43. The van der Waals surface area contributed by atoms with Gasteiger partial charge in [-0.3, -0.25) is 0 Å². The fourth-order valence-corrected chi connectivity index (χ4v) is 1.78. The lowest BCUT2D eigenvalue weighted by molar-refractivity contribution is 0.0601. The number of carbonyl (C=O) groups is 1. The Balaban J connectivity index is 2.90. The van der Waals surface area contributed by atoms with Crippen LogP contribution in [0.2, 0.25) is 0 Å². The van der Waals surface area contributed by atoms with E-state index >= 15 is 0 Å². The zero-order valence-corrected chi connectivity index (χ0v) is 11.5. The second-order valence-corrected chi connectivity index (χ2v) is 4.25. The summed E-state index contributed by atoms with van der Waals surface area (Å²) >= 11 is 0. The number of para-hydroxylation sites is 1. The number of rotatable bonds is 6. The summed E-state index contributed by atoms with van der Waals surface area (Å²) in [4.78, 5) is 13.8. The normalized spacial score (nSPS) is 12.0. The summed E-state index contributed by atoms with van der Waals surface area (Å²) in [5.74, 6) is -0.309. The van der Waals surface area contributed by atoms with E-state index in [9.17, 15) is 4.79 Å². The molecule has 1 atom stereocenters. The molecule has 0 bridgehead atoms. The monoisotopic (exact) mass is 251 g/mol. The lowest BCUT2D eigenvalue weighted by atomic mass is 10.1. The minimum atomic E-state index is -0.309. The average molecular weight is 251 g/mol. The lowest BCUT2D eigenvalue weighted by Gasteiger charge is -2.28. The molecule has 1 rings (SSSR count). The van der Waals surface area contributed by atoms with Gasteiger partial charge in [0.1, 0.15) is 0 Å². The SMILES string of the molecule is COCCC(C)N(C)c1ccccc1C(=O)OC. The standard InChI is InChI=1S/C14H21NO3/c1-11(9-10-17-3)15(2)13-8-6-5-7-12(13)14(16)18-4/h5-8,11H,9-10H2,1-4H3. The first-order chi connectivity index (χ1) is 8.61. The van der Waals surface area contributed by atoms with Crippen LogP contribution in [0.25, 0.3) is 0 Å². The van der Waals surface area contributed by atoms with Gasteiger partial charge in [-0.15, -0.1) is 0 Å². The fraction of sp³-hybridized carbons (Fsp3) is 0.500. The van der Waals surface area contributed by atoms with Crippen molar-refractivity contribution in [3.05, 3.63) is 29.8 Å². The molecule has 0 aliphatic rings. The van der Waals surface area contributed by atoms with Crippen LogP contribution in [0.1, 0.15) is 23.7 Å². The van der Waals surface area contributed by atoms with E-state index < -0.39 is 0 Å². The molecule has 0 heterocycles. The first-order valence-electron chi connectivity index (χ1n) is 6.01. The van der Waals surface area contributed by atoms with Gasteiger partial charge in [0.05, 0.1) is 18.4 Å². The van der Waals surface area contributed by atoms with Crippen LogP contribution in [0.5, 0.6) is 0 Å². The maximum absolute atomic E-state index is 11.7. The highest BCUT2D eigenvalue weighted by atomic mass is 16.5. The van der Waals surface area contributed by atoms with Crippen LogP contribution in [-0.2, 0) is 9.47 Å². The van der Waals surface area contributed by atoms with Crippen molar-refractivity contribution < 1.29 is 14.3 Å². The second-order valence-electron chi connectivity index (χ2n) is 4.25. The van der Waals surface area contributed by atoms with E-state index in [-0.39, 0.29) is 12.0 Å². The number of nitrogens with zero attached hydrogens (tertiary/aromatic N) is 1. The van der Waals surface area contributed by atoms with Crippen molar-refractivity contribution in [1.29, 1.82) is 0 Å². The van der Waals surface area contributed by atoms with Gasteiger partial charge in [-0.25, -0.2) is 4.79 Å². The minimum Gasteiger partial charge on any atom is -0.465 e. The van der Waals surface area contributed by atoms with Crippen LogP contribution in [0.15, 0.2) is 24.3 Å². The third kappa shape index (κ3) is 3.47. The van der Waals surface area contributed by atoms with Crippen LogP contribution in [-0.4, -0.2) is 39.9 Å². The van der Waals surface area contributed by atoms with Crippen molar-refractivity contribution in [2.24, 2.45) is 0 Å². The van der Waals surface area contributed by atoms with Gasteiger partial charge in [0.25, 0.3) is 0 Å². The third-order valence-corrected chi connectivity index (χ3v) is 3.09. The van der Waals surface area contributed by atoms with Gasteiger partial charge in [-0.05, 0) is 25.5 Å². The molecule has 0 radical (unpaired) electrons. The molecule has 4 nitrogen and oxygen atoms in total. The summed E-state index contributed by atoms with van der Waals surface area (Å²) in [7, 11) is 5.06. The molecule has 0 N–H and O–H groups in total. The molecule has 0 saturated carbocycles. The van der Waals surface area contributed by atoms with E-state index in [1.807, 2.05) is 25.2 Å². The Hall–Kier alpha value is -1.55. The largest absolute Gasteiger partial charge is 0.465 e. The minimum absolute atomic E-state index is 0.288. The van der Waals surface area contributed by atoms with E-state index in [4.69, 9.17) is 9.47 Å².